The van der Waals surface area contributed by atoms with Crippen LogP contribution in [0.15, 0.2) is 24.5 Å². The lowest BCUT2D eigenvalue weighted by Gasteiger charge is -1.92. The molecule has 0 bridgehead atoms. The van der Waals surface area contributed by atoms with Gasteiger partial charge in [0.1, 0.15) is 11.5 Å². The van der Waals surface area contributed by atoms with Gasteiger partial charge in [-0.1, -0.05) is 11.6 Å². The number of nitro groups is 1. The molecule has 0 aliphatic rings. The number of hydrogen-bond donors (Lipinski definition) is 0. The largest absolute Gasteiger partial charge is 0.270 e. The summed E-state index contributed by atoms with van der Waals surface area (Å²) < 4.78 is 1.54. The Bertz CT molecular complexity index is 756. The number of nitro benzene ring substituents is 1. The van der Waals surface area contributed by atoms with E-state index in [9.17, 15) is 10.1 Å². The molecule has 17 heavy (non-hydrogen) atoms. The molecule has 84 valence electrons. The van der Waals surface area contributed by atoms with Crippen molar-refractivity contribution in [3.63, 3.8) is 0 Å². The fraction of sp³-hybridized carbons (Fsp3) is 0. The molecule has 0 saturated heterocycles. The lowest BCUT2D eigenvalue weighted by atomic mass is 10.2. The van der Waals surface area contributed by atoms with E-state index < -0.39 is 4.92 Å². The Morgan fingerprint density at radius 3 is 2.94 bits per heavy atom. The topological polar surface area (TPSA) is 68.9 Å². The summed E-state index contributed by atoms with van der Waals surface area (Å²) in [6, 6.07) is 4.68. The Kier molecular flexibility index (Phi) is 2.20. The number of fused-ring (bicyclic) bond motifs is 3. The summed E-state index contributed by atoms with van der Waals surface area (Å²) in [4.78, 5) is 18.3. The highest BCUT2D eigenvalue weighted by Crippen LogP contribution is 2.36. The van der Waals surface area contributed by atoms with Crippen molar-refractivity contribution in [3.05, 3.63) is 39.8 Å². The fourth-order valence-electron chi connectivity index (χ4n) is 1.65. The fourth-order valence-corrected chi connectivity index (χ4v) is 2.97. The van der Waals surface area contributed by atoms with Crippen molar-refractivity contribution in [1.82, 2.24) is 9.97 Å². The van der Waals surface area contributed by atoms with Gasteiger partial charge in [-0.15, -0.1) is 11.3 Å². The summed E-state index contributed by atoms with van der Waals surface area (Å²) in [6.07, 6.45) is 1.39. The van der Waals surface area contributed by atoms with Crippen LogP contribution in [0.25, 0.3) is 20.3 Å². The Labute approximate surface area is 104 Å². The first-order valence-electron chi connectivity index (χ1n) is 4.64. The van der Waals surface area contributed by atoms with Crippen LogP contribution in [0.1, 0.15) is 0 Å². The van der Waals surface area contributed by atoms with Crippen LogP contribution in [0, 0.1) is 10.1 Å². The van der Waals surface area contributed by atoms with Crippen LogP contribution in [0.3, 0.4) is 0 Å². The summed E-state index contributed by atoms with van der Waals surface area (Å²) in [5, 5.41) is 11.9. The number of non-ortho nitro benzene ring substituents is 1. The Morgan fingerprint density at radius 1 is 1.35 bits per heavy atom. The summed E-state index contributed by atoms with van der Waals surface area (Å²) in [5.41, 5.74) is 0.799. The average Bonchev–Trinajstić information content (AvgIpc) is 2.68. The van der Waals surface area contributed by atoms with Crippen LogP contribution < -0.4 is 0 Å². The second-order valence-electron chi connectivity index (χ2n) is 3.38. The lowest BCUT2D eigenvalue weighted by molar-refractivity contribution is -0.384. The molecule has 0 atom stereocenters. The molecule has 0 radical (unpaired) electrons. The molecule has 0 fully saturated rings. The Balaban J connectivity index is 2.43. The standard InChI is InChI=1S/C10H4ClN3O2S/c11-10-9-8(12-4-13-10)6-2-1-5(14(15)16)3-7(6)17-9/h1-4H. The first kappa shape index (κ1) is 10.4. The highest BCUT2D eigenvalue weighted by Gasteiger charge is 2.13. The van der Waals surface area contributed by atoms with Crippen LogP contribution in [0.4, 0.5) is 5.69 Å². The number of nitrogens with zero attached hydrogens (tertiary/aromatic N) is 3. The molecule has 0 aliphatic heterocycles. The van der Waals surface area contributed by atoms with Gasteiger partial charge in [-0.05, 0) is 6.07 Å². The van der Waals surface area contributed by atoms with Crippen LogP contribution >= 0.6 is 22.9 Å². The second kappa shape index (κ2) is 3.61. The quantitative estimate of drug-likeness (QED) is 0.384. The molecule has 1 aromatic carbocycles. The molecule has 2 heterocycles. The highest BCUT2D eigenvalue weighted by molar-refractivity contribution is 7.26. The predicted octanol–water partition coefficient (Wildman–Crippen LogP) is 3.41. The molecule has 0 saturated carbocycles. The van der Waals surface area contributed by atoms with Crippen molar-refractivity contribution in [2.24, 2.45) is 0 Å². The number of benzene rings is 1. The second-order valence-corrected chi connectivity index (χ2v) is 4.79. The van der Waals surface area contributed by atoms with Gasteiger partial charge in [-0.3, -0.25) is 10.1 Å². The maximum absolute atomic E-state index is 10.7. The zero-order valence-corrected chi connectivity index (χ0v) is 9.83. The minimum atomic E-state index is -0.420. The predicted molar refractivity (Wildman–Crippen MR) is 66.6 cm³/mol. The molecule has 3 rings (SSSR count). The van der Waals surface area contributed by atoms with Crippen molar-refractivity contribution < 1.29 is 4.92 Å². The first-order valence-corrected chi connectivity index (χ1v) is 5.83. The van der Waals surface area contributed by atoms with E-state index >= 15 is 0 Å². The summed E-state index contributed by atoms with van der Waals surface area (Å²) >= 11 is 7.31. The van der Waals surface area contributed by atoms with Gasteiger partial charge in [-0.25, -0.2) is 9.97 Å². The van der Waals surface area contributed by atoms with Crippen molar-refractivity contribution in [2.75, 3.05) is 0 Å². The van der Waals surface area contributed by atoms with Gasteiger partial charge >= 0.3 is 0 Å². The number of thiophene rings is 1. The summed E-state index contributed by atoms with van der Waals surface area (Å²) in [7, 11) is 0. The molecule has 0 amide bonds. The van der Waals surface area contributed by atoms with E-state index in [1.54, 1.807) is 6.07 Å². The molecule has 3 aromatic rings. The number of hydrogen-bond acceptors (Lipinski definition) is 5. The van der Waals surface area contributed by atoms with Crippen LogP contribution in [0.5, 0.6) is 0 Å². The monoisotopic (exact) mass is 265 g/mol. The maximum Gasteiger partial charge on any atom is 0.270 e. The van der Waals surface area contributed by atoms with E-state index in [0.29, 0.717) is 5.15 Å². The molecule has 0 N–H and O–H groups in total. The zero-order valence-electron chi connectivity index (χ0n) is 8.25. The van der Waals surface area contributed by atoms with Gasteiger partial charge in [0, 0.05) is 22.2 Å². The minimum absolute atomic E-state index is 0.0631. The highest BCUT2D eigenvalue weighted by atomic mass is 35.5. The third-order valence-electron chi connectivity index (χ3n) is 2.40. The van der Waals surface area contributed by atoms with E-state index in [1.807, 2.05) is 0 Å². The van der Waals surface area contributed by atoms with E-state index in [1.165, 1.54) is 29.8 Å². The van der Waals surface area contributed by atoms with E-state index in [2.05, 4.69) is 9.97 Å². The van der Waals surface area contributed by atoms with Gasteiger partial charge in [-0.2, -0.15) is 0 Å². The summed E-state index contributed by atoms with van der Waals surface area (Å²) in [5.74, 6) is 0. The molecule has 7 heteroatoms. The van der Waals surface area contributed by atoms with Crippen LogP contribution in [-0.2, 0) is 0 Å². The number of rotatable bonds is 1. The van der Waals surface area contributed by atoms with Crippen LogP contribution in [0.2, 0.25) is 5.15 Å². The van der Waals surface area contributed by atoms with Crippen LogP contribution in [-0.4, -0.2) is 14.9 Å². The van der Waals surface area contributed by atoms with E-state index in [4.69, 9.17) is 11.6 Å². The van der Waals surface area contributed by atoms with Crippen molar-refractivity contribution in [2.45, 2.75) is 0 Å². The van der Waals surface area contributed by atoms with Gasteiger partial charge in [0.2, 0.25) is 0 Å². The first-order chi connectivity index (χ1) is 8.16. The molecule has 0 spiro atoms. The summed E-state index contributed by atoms with van der Waals surface area (Å²) in [6.45, 7) is 0. The van der Waals surface area contributed by atoms with Crippen molar-refractivity contribution in [3.8, 4) is 0 Å². The van der Waals surface area contributed by atoms with Gasteiger partial charge < -0.3 is 0 Å². The van der Waals surface area contributed by atoms with Gasteiger partial charge in [0.15, 0.2) is 0 Å². The third-order valence-corrected chi connectivity index (χ3v) is 3.95. The van der Waals surface area contributed by atoms with Crippen molar-refractivity contribution in [1.29, 1.82) is 0 Å². The molecule has 5 nitrogen and oxygen atoms in total. The Hall–Kier alpha value is -1.79. The van der Waals surface area contributed by atoms with Gasteiger partial charge in [0.05, 0.1) is 15.1 Å². The lowest BCUT2D eigenvalue weighted by Crippen LogP contribution is -1.86. The number of aromatic nitrogens is 2. The average molecular weight is 266 g/mol. The molecule has 0 aliphatic carbocycles. The minimum Gasteiger partial charge on any atom is -0.258 e. The molecular formula is C10H4ClN3O2S. The molecular weight excluding hydrogens is 262 g/mol. The Morgan fingerprint density at radius 2 is 2.18 bits per heavy atom. The number of halogens is 1. The molecule has 0 unspecified atom stereocenters. The van der Waals surface area contributed by atoms with E-state index in [0.717, 1.165) is 20.3 Å². The van der Waals surface area contributed by atoms with E-state index in [-0.39, 0.29) is 5.69 Å². The third kappa shape index (κ3) is 1.53. The smallest absolute Gasteiger partial charge is 0.258 e. The normalized spacial score (nSPS) is 11.1. The molecule has 2 aromatic heterocycles. The maximum atomic E-state index is 10.7. The van der Waals surface area contributed by atoms with Crippen molar-refractivity contribution >= 4 is 48.9 Å². The zero-order chi connectivity index (χ0) is 12.0. The SMILES string of the molecule is O=[N+]([O-])c1ccc2c(c1)sc1c(Cl)ncnc12. The van der Waals surface area contributed by atoms with Gasteiger partial charge in [0.25, 0.3) is 5.69 Å².